The van der Waals surface area contributed by atoms with E-state index >= 15 is 0 Å². The van der Waals surface area contributed by atoms with Crippen LogP contribution < -0.4 is 5.32 Å². The molecule has 0 aliphatic carbocycles. The summed E-state index contributed by atoms with van der Waals surface area (Å²) in [7, 11) is 1.37. The van der Waals surface area contributed by atoms with Crippen molar-refractivity contribution < 1.29 is 38.1 Å². The molecular formula is C37H47BrClN3O8. The Balaban J connectivity index is 1.33. The van der Waals surface area contributed by atoms with Crippen molar-refractivity contribution in [1.82, 2.24) is 15.1 Å². The fraction of sp³-hybridized carbons (Fsp3) is 0.486. The molecule has 4 rings (SSSR count). The highest BCUT2D eigenvalue weighted by Gasteiger charge is 2.45. The van der Waals surface area contributed by atoms with E-state index in [0.29, 0.717) is 70.7 Å². The molecule has 2 amide bonds. The number of nitrogens with zero attached hydrogens (tertiary/aromatic N) is 2. The van der Waals surface area contributed by atoms with Gasteiger partial charge in [-0.2, -0.15) is 0 Å². The van der Waals surface area contributed by atoms with Gasteiger partial charge in [0.2, 0.25) is 5.91 Å². The first-order chi connectivity index (χ1) is 24.0. The Labute approximate surface area is 307 Å². The quantitative estimate of drug-likeness (QED) is 0.134. The SMILES string of the molecule is COC(=O)[C@H]1[C@H](c2ccc3ccccc3c2)N(CCc2ccc(Cl)cc2Br)C(=O)CN1CCOCCOCCOCCNC(=O)OC(C)(C)C. The molecule has 50 heavy (non-hydrogen) atoms. The second-order valence-electron chi connectivity index (χ2n) is 12.8. The number of halogens is 2. The van der Waals surface area contributed by atoms with Gasteiger partial charge in [0, 0.05) is 29.1 Å². The number of fused-ring (bicyclic) bond motifs is 1. The second-order valence-corrected chi connectivity index (χ2v) is 14.1. The van der Waals surface area contributed by atoms with E-state index in [1.807, 2.05) is 65.6 Å². The number of piperazine rings is 1. The van der Waals surface area contributed by atoms with Gasteiger partial charge >= 0.3 is 12.1 Å². The van der Waals surface area contributed by atoms with Gasteiger partial charge in [-0.05, 0) is 67.3 Å². The molecule has 1 aliphatic heterocycles. The molecule has 0 unspecified atom stereocenters. The van der Waals surface area contributed by atoms with Crippen molar-refractivity contribution in [2.24, 2.45) is 0 Å². The minimum absolute atomic E-state index is 0.0472. The minimum Gasteiger partial charge on any atom is -0.468 e. The Kier molecular flexibility index (Phi) is 15.3. The lowest BCUT2D eigenvalue weighted by molar-refractivity contribution is -0.160. The number of ether oxygens (including phenoxy) is 5. The molecule has 3 aromatic carbocycles. The van der Waals surface area contributed by atoms with Crippen molar-refractivity contribution in [3.05, 3.63) is 81.3 Å². The van der Waals surface area contributed by atoms with E-state index in [2.05, 4.69) is 21.2 Å². The summed E-state index contributed by atoms with van der Waals surface area (Å²) in [4.78, 5) is 42.7. The van der Waals surface area contributed by atoms with Crippen molar-refractivity contribution in [3.63, 3.8) is 0 Å². The Morgan fingerprint density at radius 3 is 2.26 bits per heavy atom. The molecule has 1 heterocycles. The normalized spacial score (nSPS) is 16.8. The smallest absolute Gasteiger partial charge is 0.407 e. The summed E-state index contributed by atoms with van der Waals surface area (Å²) in [6, 6.07) is 18.3. The number of carbonyl (C=O) groups is 3. The number of rotatable bonds is 17. The molecule has 2 atom stereocenters. The molecule has 0 saturated carbocycles. The molecule has 0 spiro atoms. The van der Waals surface area contributed by atoms with E-state index in [9.17, 15) is 14.4 Å². The predicted molar refractivity (Wildman–Crippen MR) is 195 cm³/mol. The molecule has 1 fully saturated rings. The summed E-state index contributed by atoms with van der Waals surface area (Å²) in [5.74, 6) is -0.504. The molecule has 0 bridgehead atoms. The molecule has 272 valence electrons. The molecule has 0 radical (unpaired) electrons. The zero-order valence-electron chi connectivity index (χ0n) is 29.1. The number of carbonyl (C=O) groups excluding carboxylic acids is 3. The van der Waals surface area contributed by atoms with E-state index in [0.717, 1.165) is 26.4 Å². The molecule has 1 saturated heterocycles. The summed E-state index contributed by atoms with van der Waals surface area (Å²) in [6.45, 7) is 8.60. The van der Waals surface area contributed by atoms with Gasteiger partial charge < -0.3 is 33.9 Å². The molecule has 1 N–H and O–H groups in total. The number of alkyl carbamates (subject to hydrolysis) is 1. The van der Waals surface area contributed by atoms with Gasteiger partial charge in [0.1, 0.15) is 11.6 Å². The number of benzene rings is 3. The average Bonchev–Trinajstić information content (AvgIpc) is 3.07. The van der Waals surface area contributed by atoms with Crippen LogP contribution in [0.25, 0.3) is 10.8 Å². The molecule has 11 nitrogen and oxygen atoms in total. The van der Waals surface area contributed by atoms with E-state index in [1.54, 1.807) is 25.7 Å². The standard InChI is InChI=1S/C37H47BrClN3O8/c1-37(2,3)50-36(45)40-14-17-47-19-21-49-22-20-48-18-16-41-25-32(43)42(15-13-27-11-12-30(39)24-31(27)38)33(34(41)35(44)46-4)29-10-9-26-7-5-6-8-28(26)23-29/h5-12,23-24,33-34H,13-22,25H2,1-4H3,(H,40,45)/t33-,34+/m0/s1. The summed E-state index contributed by atoms with van der Waals surface area (Å²) in [5.41, 5.74) is 1.31. The fourth-order valence-electron chi connectivity index (χ4n) is 5.75. The third kappa shape index (κ3) is 11.9. The van der Waals surface area contributed by atoms with Crippen molar-refractivity contribution in [3.8, 4) is 0 Å². The van der Waals surface area contributed by atoms with Crippen LogP contribution in [0.15, 0.2) is 65.1 Å². The Bertz CT molecular complexity index is 1590. The zero-order chi connectivity index (χ0) is 36.1. The molecule has 13 heteroatoms. The highest BCUT2D eigenvalue weighted by atomic mass is 79.9. The van der Waals surface area contributed by atoms with Gasteiger partial charge in [0.05, 0.1) is 59.3 Å². The first kappa shape index (κ1) is 39.5. The minimum atomic E-state index is -0.741. The van der Waals surface area contributed by atoms with Gasteiger partial charge in [0.15, 0.2) is 0 Å². The van der Waals surface area contributed by atoms with Crippen LogP contribution in [0.4, 0.5) is 4.79 Å². The van der Waals surface area contributed by atoms with Crippen LogP contribution in [0.2, 0.25) is 5.02 Å². The first-order valence-electron chi connectivity index (χ1n) is 16.7. The van der Waals surface area contributed by atoms with Crippen LogP contribution in [-0.2, 0) is 39.7 Å². The molecule has 0 aromatic heterocycles. The third-order valence-electron chi connectivity index (χ3n) is 8.06. The lowest BCUT2D eigenvalue weighted by atomic mass is 9.91. The predicted octanol–water partition coefficient (Wildman–Crippen LogP) is 5.80. The van der Waals surface area contributed by atoms with Crippen LogP contribution >= 0.6 is 27.5 Å². The Morgan fingerprint density at radius 2 is 1.58 bits per heavy atom. The van der Waals surface area contributed by atoms with Gasteiger partial charge in [-0.15, -0.1) is 0 Å². The average molecular weight is 777 g/mol. The third-order valence-corrected chi connectivity index (χ3v) is 9.04. The van der Waals surface area contributed by atoms with Gasteiger partial charge in [-0.1, -0.05) is 70.0 Å². The number of amides is 2. The summed E-state index contributed by atoms with van der Waals surface area (Å²) >= 11 is 9.76. The first-order valence-corrected chi connectivity index (χ1v) is 17.9. The van der Waals surface area contributed by atoms with Gasteiger partial charge in [-0.3, -0.25) is 14.5 Å². The summed E-state index contributed by atoms with van der Waals surface area (Å²) < 4.78 is 28.3. The number of hydrogen-bond acceptors (Lipinski definition) is 9. The monoisotopic (exact) mass is 775 g/mol. The maximum Gasteiger partial charge on any atom is 0.407 e. The molecular weight excluding hydrogens is 730 g/mol. The van der Waals surface area contributed by atoms with Crippen LogP contribution in [0.3, 0.4) is 0 Å². The topological polar surface area (TPSA) is 116 Å². The largest absolute Gasteiger partial charge is 0.468 e. The van der Waals surface area contributed by atoms with Crippen molar-refractivity contribution in [1.29, 1.82) is 0 Å². The van der Waals surface area contributed by atoms with Gasteiger partial charge in [0.25, 0.3) is 0 Å². The summed E-state index contributed by atoms with van der Waals surface area (Å²) in [5, 5.41) is 5.34. The highest BCUT2D eigenvalue weighted by Crippen LogP contribution is 2.35. The van der Waals surface area contributed by atoms with Gasteiger partial charge in [-0.25, -0.2) is 4.79 Å². The number of methoxy groups -OCH3 is 1. The van der Waals surface area contributed by atoms with E-state index in [-0.39, 0.29) is 12.5 Å². The number of esters is 1. The van der Waals surface area contributed by atoms with Crippen LogP contribution in [0, 0.1) is 0 Å². The maximum atomic E-state index is 13.9. The van der Waals surface area contributed by atoms with Crippen LogP contribution in [0.5, 0.6) is 0 Å². The fourth-order valence-corrected chi connectivity index (χ4v) is 6.63. The zero-order valence-corrected chi connectivity index (χ0v) is 31.5. The van der Waals surface area contributed by atoms with Crippen molar-refractivity contribution in [2.45, 2.75) is 44.9 Å². The van der Waals surface area contributed by atoms with E-state index in [1.165, 1.54) is 7.11 Å². The van der Waals surface area contributed by atoms with Crippen molar-refractivity contribution >= 4 is 56.3 Å². The van der Waals surface area contributed by atoms with Crippen LogP contribution in [0.1, 0.15) is 37.9 Å². The molecule has 3 aromatic rings. The number of nitrogens with one attached hydrogen (secondary N) is 1. The lowest BCUT2D eigenvalue weighted by Gasteiger charge is -2.46. The Hall–Kier alpha value is -3.26. The van der Waals surface area contributed by atoms with Crippen LogP contribution in [-0.4, -0.2) is 112 Å². The molecule has 1 aliphatic rings. The van der Waals surface area contributed by atoms with E-state index in [4.69, 9.17) is 35.3 Å². The number of hydrogen-bond donors (Lipinski definition) is 1. The van der Waals surface area contributed by atoms with Crippen molar-refractivity contribution in [2.75, 3.05) is 72.9 Å². The highest BCUT2D eigenvalue weighted by molar-refractivity contribution is 9.10. The summed E-state index contributed by atoms with van der Waals surface area (Å²) in [6.07, 6.45) is 0.0869. The Morgan fingerprint density at radius 1 is 0.900 bits per heavy atom. The maximum absolute atomic E-state index is 13.9. The lowest BCUT2D eigenvalue weighted by Crippen LogP contribution is -2.61. The van der Waals surface area contributed by atoms with E-state index < -0.39 is 29.7 Å². The second kappa shape index (κ2) is 19.4.